The van der Waals surface area contributed by atoms with Gasteiger partial charge in [-0.1, -0.05) is 13.0 Å². The van der Waals surface area contributed by atoms with E-state index in [4.69, 9.17) is 5.73 Å². The standard InChI is InChI=1S/C15H25N3O2S/c1-3-12-21(19,20)18-10-7-15(8-11-18,13(2)16)14-6-4-5-9-17-14/h4-6,9,13H,3,7-8,10-12,16H2,1-2H3/t13-/m0/s1. The summed E-state index contributed by atoms with van der Waals surface area (Å²) in [6, 6.07) is 5.80. The molecule has 0 spiro atoms. The Hall–Kier alpha value is -0.980. The lowest BCUT2D eigenvalue weighted by Gasteiger charge is -2.43. The van der Waals surface area contributed by atoms with Crippen molar-refractivity contribution in [3.63, 3.8) is 0 Å². The Morgan fingerprint density at radius 2 is 2.05 bits per heavy atom. The molecule has 1 fully saturated rings. The zero-order valence-electron chi connectivity index (χ0n) is 12.8. The molecule has 21 heavy (non-hydrogen) atoms. The molecular weight excluding hydrogens is 286 g/mol. The summed E-state index contributed by atoms with van der Waals surface area (Å²) in [5, 5.41) is 0. The maximum Gasteiger partial charge on any atom is 0.214 e. The van der Waals surface area contributed by atoms with Crippen molar-refractivity contribution in [2.45, 2.75) is 44.6 Å². The molecule has 0 amide bonds. The average molecular weight is 311 g/mol. The van der Waals surface area contributed by atoms with Gasteiger partial charge in [0.1, 0.15) is 0 Å². The van der Waals surface area contributed by atoms with Gasteiger partial charge in [0.25, 0.3) is 0 Å². The summed E-state index contributed by atoms with van der Waals surface area (Å²) in [4.78, 5) is 4.47. The van der Waals surface area contributed by atoms with Gasteiger partial charge in [0.05, 0.1) is 5.75 Å². The van der Waals surface area contributed by atoms with Crippen molar-refractivity contribution in [1.29, 1.82) is 0 Å². The molecular formula is C15H25N3O2S. The van der Waals surface area contributed by atoms with Crippen LogP contribution in [0.25, 0.3) is 0 Å². The van der Waals surface area contributed by atoms with Crippen LogP contribution in [0.2, 0.25) is 0 Å². The molecule has 1 aliphatic rings. The highest BCUT2D eigenvalue weighted by atomic mass is 32.2. The molecule has 2 N–H and O–H groups in total. The molecule has 2 rings (SSSR count). The SMILES string of the molecule is CCCS(=O)(=O)N1CCC(c2ccccn2)([C@H](C)N)CC1. The molecule has 0 radical (unpaired) electrons. The fourth-order valence-corrected chi connectivity index (χ4v) is 4.67. The second-order valence-corrected chi connectivity index (χ2v) is 7.96. The smallest absolute Gasteiger partial charge is 0.214 e. The summed E-state index contributed by atoms with van der Waals surface area (Å²) in [6.45, 7) is 4.94. The van der Waals surface area contributed by atoms with Crippen LogP contribution in [0.15, 0.2) is 24.4 Å². The Kier molecular flexibility index (Phi) is 5.01. The molecule has 118 valence electrons. The van der Waals surface area contributed by atoms with Crippen LogP contribution in [0.3, 0.4) is 0 Å². The fraction of sp³-hybridized carbons (Fsp3) is 0.667. The number of hydrogen-bond acceptors (Lipinski definition) is 4. The van der Waals surface area contributed by atoms with Crippen molar-refractivity contribution in [3.8, 4) is 0 Å². The topological polar surface area (TPSA) is 76.3 Å². The van der Waals surface area contributed by atoms with Crippen molar-refractivity contribution in [3.05, 3.63) is 30.1 Å². The minimum Gasteiger partial charge on any atom is -0.327 e. The highest BCUT2D eigenvalue weighted by molar-refractivity contribution is 7.89. The lowest BCUT2D eigenvalue weighted by molar-refractivity contribution is 0.201. The maximum atomic E-state index is 12.2. The van der Waals surface area contributed by atoms with E-state index < -0.39 is 10.0 Å². The molecule has 0 aromatic carbocycles. The zero-order valence-corrected chi connectivity index (χ0v) is 13.6. The highest BCUT2D eigenvalue weighted by Gasteiger charge is 2.42. The summed E-state index contributed by atoms with van der Waals surface area (Å²) in [7, 11) is -3.12. The van der Waals surface area contributed by atoms with Gasteiger partial charge in [-0.15, -0.1) is 0 Å². The van der Waals surface area contributed by atoms with Crippen molar-refractivity contribution >= 4 is 10.0 Å². The van der Waals surface area contributed by atoms with Crippen LogP contribution in [0, 0.1) is 0 Å². The van der Waals surface area contributed by atoms with Gasteiger partial charge in [-0.2, -0.15) is 0 Å². The van der Waals surface area contributed by atoms with Crippen LogP contribution in [0.4, 0.5) is 0 Å². The van der Waals surface area contributed by atoms with Crippen LogP contribution in [-0.2, 0) is 15.4 Å². The van der Waals surface area contributed by atoms with Crippen molar-refractivity contribution in [2.24, 2.45) is 5.73 Å². The number of piperidine rings is 1. The molecule has 6 heteroatoms. The molecule has 1 atom stereocenters. The molecule has 2 heterocycles. The first-order chi connectivity index (χ1) is 9.92. The predicted octanol–water partition coefficient (Wildman–Crippen LogP) is 1.50. The van der Waals surface area contributed by atoms with E-state index in [1.54, 1.807) is 10.5 Å². The van der Waals surface area contributed by atoms with Gasteiger partial charge in [-0.3, -0.25) is 4.98 Å². The van der Waals surface area contributed by atoms with Crippen molar-refractivity contribution in [1.82, 2.24) is 9.29 Å². The largest absolute Gasteiger partial charge is 0.327 e. The average Bonchev–Trinajstić information content (AvgIpc) is 2.48. The number of sulfonamides is 1. The van der Waals surface area contributed by atoms with Gasteiger partial charge >= 0.3 is 0 Å². The van der Waals surface area contributed by atoms with E-state index in [1.807, 2.05) is 32.0 Å². The van der Waals surface area contributed by atoms with E-state index in [9.17, 15) is 8.42 Å². The van der Waals surface area contributed by atoms with Crippen LogP contribution < -0.4 is 5.73 Å². The summed E-state index contributed by atoms with van der Waals surface area (Å²) < 4.78 is 26.0. The summed E-state index contributed by atoms with van der Waals surface area (Å²) >= 11 is 0. The van der Waals surface area contributed by atoms with Crippen LogP contribution >= 0.6 is 0 Å². The molecule has 0 bridgehead atoms. The zero-order chi connectivity index (χ0) is 15.5. The number of rotatable bonds is 5. The first-order valence-corrected chi connectivity index (χ1v) is 9.18. The Bertz CT molecular complexity index is 550. The Morgan fingerprint density at radius 3 is 2.52 bits per heavy atom. The van der Waals surface area contributed by atoms with Crippen LogP contribution in [0.5, 0.6) is 0 Å². The first kappa shape index (κ1) is 16.4. The summed E-state index contributed by atoms with van der Waals surface area (Å²) in [5.41, 5.74) is 7.00. The number of hydrogen-bond donors (Lipinski definition) is 1. The number of nitrogens with zero attached hydrogens (tertiary/aromatic N) is 2. The summed E-state index contributed by atoms with van der Waals surface area (Å²) in [6.07, 6.45) is 3.88. The molecule has 0 unspecified atom stereocenters. The third-order valence-corrected chi connectivity index (χ3v) is 6.59. The highest BCUT2D eigenvalue weighted by Crippen LogP contribution is 2.37. The Morgan fingerprint density at radius 1 is 1.38 bits per heavy atom. The predicted molar refractivity (Wildman–Crippen MR) is 84.4 cm³/mol. The normalized spacial score (nSPS) is 21.1. The molecule has 1 aromatic heterocycles. The Balaban J connectivity index is 2.20. The van der Waals surface area contributed by atoms with E-state index in [1.165, 1.54) is 0 Å². The molecule has 0 saturated carbocycles. The van der Waals surface area contributed by atoms with Gasteiger partial charge < -0.3 is 5.73 Å². The number of nitrogens with two attached hydrogens (primary N) is 1. The molecule has 1 aliphatic heterocycles. The molecule has 0 aliphatic carbocycles. The van der Waals surface area contributed by atoms with Crippen molar-refractivity contribution in [2.75, 3.05) is 18.8 Å². The van der Waals surface area contributed by atoms with Gasteiger partial charge in [-0.05, 0) is 38.3 Å². The van der Waals surface area contributed by atoms with Gasteiger partial charge in [0, 0.05) is 36.4 Å². The second kappa shape index (κ2) is 6.42. The Labute approximate surface area is 127 Å². The van der Waals surface area contributed by atoms with Crippen molar-refractivity contribution < 1.29 is 8.42 Å². The van der Waals surface area contributed by atoms with Gasteiger partial charge in [0.2, 0.25) is 10.0 Å². The first-order valence-electron chi connectivity index (χ1n) is 7.57. The summed E-state index contributed by atoms with van der Waals surface area (Å²) in [5.74, 6) is 0.224. The quantitative estimate of drug-likeness (QED) is 0.894. The maximum absolute atomic E-state index is 12.2. The second-order valence-electron chi connectivity index (χ2n) is 5.87. The molecule has 5 nitrogen and oxygen atoms in total. The molecule has 1 saturated heterocycles. The fourth-order valence-electron chi connectivity index (χ4n) is 3.15. The van der Waals surface area contributed by atoms with E-state index in [0.717, 1.165) is 18.5 Å². The van der Waals surface area contributed by atoms with E-state index >= 15 is 0 Å². The van der Waals surface area contributed by atoms with Gasteiger partial charge in [0.15, 0.2) is 0 Å². The monoisotopic (exact) mass is 311 g/mol. The van der Waals surface area contributed by atoms with Gasteiger partial charge in [-0.25, -0.2) is 12.7 Å². The van der Waals surface area contributed by atoms with Crippen LogP contribution in [-0.4, -0.2) is 42.6 Å². The van der Waals surface area contributed by atoms with E-state index in [2.05, 4.69) is 4.98 Å². The molecule has 1 aromatic rings. The third-order valence-electron chi connectivity index (χ3n) is 4.52. The lowest BCUT2D eigenvalue weighted by Crippen LogP contribution is -2.53. The van der Waals surface area contributed by atoms with E-state index in [-0.39, 0.29) is 17.2 Å². The number of pyridine rings is 1. The third kappa shape index (κ3) is 3.27. The minimum atomic E-state index is -3.12. The lowest BCUT2D eigenvalue weighted by atomic mass is 9.71. The van der Waals surface area contributed by atoms with E-state index in [0.29, 0.717) is 19.5 Å². The number of aromatic nitrogens is 1. The minimum absolute atomic E-state index is 0.0524. The van der Waals surface area contributed by atoms with Crippen LogP contribution in [0.1, 0.15) is 38.8 Å².